The van der Waals surface area contributed by atoms with E-state index in [1.807, 2.05) is 0 Å². The lowest BCUT2D eigenvalue weighted by Gasteiger charge is -2.33. The third-order valence-corrected chi connectivity index (χ3v) is 3.42. The Hall–Kier alpha value is -0.770. The molecule has 0 aromatic carbocycles. The highest BCUT2D eigenvalue weighted by Crippen LogP contribution is 2.25. The van der Waals surface area contributed by atoms with Gasteiger partial charge >= 0.3 is 0 Å². The number of hydrogen-bond donors (Lipinski definition) is 2. The SMILES string of the molecule is CCC(C)N(CC(N)=NO)C1CCCC1. The standard InChI is InChI=1S/C11H23N3O/c1-3-9(2)14(8-11(12)13-15)10-6-4-5-7-10/h9-10,15H,3-8H2,1-2H3,(H2,12,13). The van der Waals surface area contributed by atoms with Crippen molar-refractivity contribution in [2.75, 3.05) is 6.54 Å². The van der Waals surface area contributed by atoms with Crippen molar-refractivity contribution in [2.24, 2.45) is 10.9 Å². The summed E-state index contributed by atoms with van der Waals surface area (Å²) in [6, 6.07) is 1.13. The molecule has 4 nitrogen and oxygen atoms in total. The van der Waals surface area contributed by atoms with Crippen molar-refractivity contribution in [3.8, 4) is 0 Å². The molecule has 0 amide bonds. The second-order valence-electron chi connectivity index (χ2n) is 4.46. The van der Waals surface area contributed by atoms with Crippen molar-refractivity contribution in [1.29, 1.82) is 0 Å². The molecule has 88 valence electrons. The summed E-state index contributed by atoms with van der Waals surface area (Å²) < 4.78 is 0. The van der Waals surface area contributed by atoms with Crippen LogP contribution in [0.3, 0.4) is 0 Å². The number of amidine groups is 1. The van der Waals surface area contributed by atoms with Gasteiger partial charge in [0.2, 0.25) is 0 Å². The van der Waals surface area contributed by atoms with E-state index in [2.05, 4.69) is 23.9 Å². The van der Waals surface area contributed by atoms with E-state index >= 15 is 0 Å². The zero-order chi connectivity index (χ0) is 11.3. The Morgan fingerprint density at radius 1 is 1.53 bits per heavy atom. The predicted molar refractivity (Wildman–Crippen MR) is 62.1 cm³/mol. The van der Waals surface area contributed by atoms with Crippen molar-refractivity contribution >= 4 is 5.84 Å². The maximum Gasteiger partial charge on any atom is 0.153 e. The largest absolute Gasteiger partial charge is 0.409 e. The normalized spacial score (nSPS) is 21.1. The molecule has 0 spiro atoms. The summed E-state index contributed by atoms with van der Waals surface area (Å²) >= 11 is 0. The first kappa shape index (κ1) is 12.3. The Labute approximate surface area is 92.1 Å². The van der Waals surface area contributed by atoms with Gasteiger partial charge in [-0.3, -0.25) is 4.90 Å². The number of hydrogen-bond acceptors (Lipinski definition) is 3. The van der Waals surface area contributed by atoms with Crippen molar-refractivity contribution in [2.45, 2.75) is 58.0 Å². The molecule has 4 heteroatoms. The second-order valence-corrected chi connectivity index (χ2v) is 4.46. The minimum absolute atomic E-state index is 0.321. The molecule has 0 aliphatic heterocycles. The molecule has 1 aliphatic rings. The van der Waals surface area contributed by atoms with E-state index < -0.39 is 0 Å². The number of oxime groups is 1. The number of rotatable bonds is 5. The zero-order valence-corrected chi connectivity index (χ0v) is 9.82. The van der Waals surface area contributed by atoms with Crippen LogP contribution in [0.5, 0.6) is 0 Å². The summed E-state index contributed by atoms with van der Waals surface area (Å²) in [6.07, 6.45) is 6.24. The molecule has 1 rings (SSSR count). The highest BCUT2D eigenvalue weighted by molar-refractivity contribution is 5.81. The molecule has 1 unspecified atom stereocenters. The molecule has 0 saturated heterocycles. The molecule has 1 atom stereocenters. The summed E-state index contributed by atoms with van der Waals surface area (Å²) in [4.78, 5) is 2.38. The molecule has 0 radical (unpaired) electrons. The topological polar surface area (TPSA) is 61.8 Å². The van der Waals surface area contributed by atoms with E-state index in [1.165, 1.54) is 25.7 Å². The van der Waals surface area contributed by atoms with Gasteiger partial charge in [0.1, 0.15) is 0 Å². The van der Waals surface area contributed by atoms with Crippen LogP contribution in [0, 0.1) is 0 Å². The summed E-state index contributed by atoms with van der Waals surface area (Å²) in [5.41, 5.74) is 5.59. The van der Waals surface area contributed by atoms with Crippen molar-refractivity contribution in [3.05, 3.63) is 0 Å². The molecule has 15 heavy (non-hydrogen) atoms. The fourth-order valence-corrected chi connectivity index (χ4v) is 2.33. The number of nitrogens with zero attached hydrogens (tertiary/aromatic N) is 2. The van der Waals surface area contributed by atoms with E-state index in [1.54, 1.807) is 0 Å². The van der Waals surface area contributed by atoms with Gasteiger partial charge in [-0.25, -0.2) is 0 Å². The van der Waals surface area contributed by atoms with Crippen molar-refractivity contribution in [1.82, 2.24) is 4.90 Å². The first-order valence-electron chi connectivity index (χ1n) is 5.91. The Morgan fingerprint density at radius 3 is 2.60 bits per heavy atom. The molecule has 3 N–H and O–H groups in total. The van der Waals surface area contributed by atoms with E-state index in [4.69, 9.17) is 10.9 Å². The predicted octanol–water partition coefficient (Wildman–Crippen LogP) is 1.78. The summed E-state index contributed by atoms with van der Waals surface area (Å²) in [7, 11) is 0. The highest BCUT2D eigenvalue weighted by atomic mass is 16.4. The van der Waals surface area contributed by atoms with Gasteiger partial charge in [0.15, 0.2) is 5.84 Å². The van der Waals surface area contributed by atoms with E-state index in [-0.39, 0.29) is 0 Å². The van der Waals surface area contributed by atoms with Gasteiger partial charge in [0.25, 0.3) is 0 Å². The molecule has 1 saturated carbocycles. The third-order valence-electron chi connectivity index (χ3n) is 3.42. The van der Waals surface area contributed by atoms with Gasteiger partial charge in [0, 0.05) is 12.1 Å². The fraction of sp³-hybridized carbons (Fsp3) is 0.909. The first-order chi connectivity index (χ1) is 7.19. The van der Waals surface area contributed by atoms with Gasteiger partial charge in [0.05, 0.1) is 6.54 Å². The minimum Gasteiger partial charge on any atom is -0.409 e. The van der Waals surface area contributed by atoms with Crippen LogP contribution in [0.25, 0.3) is 0 Å². The van der Waals surface area contributed by atoms with Crippen LogP contribution in [-0.4, -0.2) is 34.6 Å². The molecule has 0 heterocycles. The first-order valence-corrected chi connectivity index (χ1v) is 5.91. The average molecular weight is 213 g/mol. The fourth-order valence-electron chi connectivity index (χ4n) is 2.33. The van der Waals surface area contributed by atoms with Gasteiger partial charge < -0.3 is 10.9 Å². The highest BCUT2D eigenvalue weighted by Gasteiger charge is 2.26. The van der Waals surface area contributed by atoms with Crippen LogP contribution in [0.2, 0.25) is 0 Å². The van der Waals surface area contributed by atoms with Gasteiger partial charge in [-0.1, -0.05) is 24.9 Å². The van der Waals surface area contributed by atoms with Crippen LogP contribution in [-0.2, 0) is 0 Å². The molecular formula is C11H23N3O. The second kappa shape index (κ2) is 5.95. The van der Waals surface area contributed by atoms with Crippen LogP contribution in [0.15, 0.2) is 5.16 Å². The minimum atomic E-state index is 0.321. The third kappa shape index (κ3) is 3.38. The van der Waals surface area contributed by atoms with Crippen LogP contribution < -0.4 is 5.73 Å². The Morgan fingerprint density at radius 2 is 2.13 bits per heavy atom. The lowest BCUT2D eigenvalue weighted by atomic mass is 10.1. The van der Waals surface area contributed by atoms with Gasteiger partial charge in [-0.05, 0) is 26.2 Å². The van der Waals surface area contributed by atoms with E-state index in [0.717, 1.165) is 6.42 Å². The van der Waals surface area contributed by atoms with E-state index in [0.29, 0.717) is 24.5 Å². The Bertz CT molecular complexity index is 212. The Balaban J connectivity index is 2.59. The van der Waals surface area contributed by atoms with Gasteiger partial charge in [-0.15, -0.1) is 0 Å². The lowest BCUT2D eigenvalue weighted by molar-refractivity contribution is 0.163. The van der Waals surface area contributed by atoms with Crippen LogP contribution >= 0.6 is 0 Å². The Kier molecular flexibility index (Phi) is 4.88. The lowest BCUT2D eigenvalue weighted by Crippen LogP contribution is -2.45. The quantitative estimate of drug-likeness (QED) is 0.317. The van der Waals surface area contributed by atoms with E-state index in [9.17, 15) is 0 Å². The van der Waals surface area contributed by atoms with Crippen LogP contribution in [0.4, 0.5) is 0 Å². The summed E-state index contributed by atoms with van der Waals surface area (Å²) in [6.45, 7) is 4.98. The molecular weight excluding hydrogens is 190 g/mol. The van der Waals surface area contributed by atoms with Crippen molar-refractivity contribution in [3.63, 3.8) is 0 Å². The van der Waals surface area contributed by atoms with Crippen LogP contribution in [0.1, 0.15) is 46.0 Å². The molecule has 0 aromatic rings. The molecule has 1 fully saturated rings. The average Bonchev–Trinajstić information content (AvgIpc) is 2.77. The number of nitrogens with two attached hydrogens (primary N) is 1. The zero-order valence-electron chi connectivity index (χ0n) is 9.82. The summed E-state index contributed by atoms with van der Waals surface area (Å²) in [5, 5.41) is 11.7. The van der Waals surface area contributed by atoms with Crippen molar-refractivity contribution < 1.29 is 5.21 Å². The maximum absolute atomic E-state index is 8.62. The smallest absolute Gasteiger partial charge is 0.153 e. The monoisotopic (exact) mass is 213 g/mol. The van der Waals surface area contributed by atoms with Gasteiger partial charge in [-0.2, -0.15) is 0 Å². The molecule has 0 bridgehead atoms. The molecule has 1 aliphatic carbocycles. The summed E-state index contributed by atoms with van der Waals surface area (Å²) in [5.74, 6) is 0.321. The maximum atomic E-state index is 8.62. The molecule has 0 aromatic heterocycles.